The topological polar surface area (TPSA) is 17.1 Å². The largest absolute Gasteiger partial charge is 0.417 e. The molecular formula is C23H20ClF3O. The molecule has 0 aliphatic carbocycles. The van der Waals surface area contributed by atoms with E-state index < -0.39 is 17.5 Å². The predicted molar refractivity (Wildman–Crippen MR) is 108 cm³/mol. The second-order valence-corrected chi connectivity index (χ2v) is 6.81. The highest BCUT2D eigenvalue weighted by atomic mass is 35.5. The minimum Gasteiger partial charge on any atom is -0.294 e. The molecule has 3 aromatic carbocycles. The van der Waals surface area contributed by atoms with E-state index in [2.05, 4.69) is 44.2 Å². The maximum absolute atomic E-state index is 12.3. The van der Waals surface area contributed by atoms with Gasteiger partial charge in [0, 0.05) is 10.6 Å². The first-order valence-electron chi connectivity index (χ1n) is 8.60. The quantitative estimate of drug-likeness (QED) is 0.403. The summed E-state index contributed by atoms with van der Waals surface area (Å²) < 4.78 is 36.8. The van der Waals surface area contributed by atoms with Gasteiger partial charge in [-0.05, 0) is 61.2 Å². The highest BCUT2D eigenvalue weighted by molar-refractivity contribution is 6.30. The van der Waals surface area contributed by atoms with Gasteiger partial charge in [0.1, 0.15) is 0 Å². The molecule has 0 aromatic heterocycles. The number of ketones is 1. The number of hydrogen-bond donors (Lipinski definition) is 0. The Balaban J connectivity index is 0.000000203. The number of halogens is 4. The van der Waals surface area contributed by atoms with Gasteiger partial charge in [0.15, 0.2) is 5.78 Å². The van der Waals surface area contributed by atoms with Gasteiger partial charge >= 0.3 is 6.18 Å². The van der Waals surface area contributed by atoms with Crippen LogP contribution in [0.5, 0.6) is 0 Å². The van der Waals surface area contributed by atoms with Crippen molar-refractivity contribution in [3.63, 3.8) is 0 Å². The number of benzene rings is 3. The lowest BCUT2D eigenvalue weighted by atomic mass is 9.97. The molecule has 0 saturated heterocycles. The fourth-order valence-corrected chi connectivity index (χ4v) is 3.07. The first-order valence-corrected chi connectivity index (χ1v) is 8.98. The molecule has 0 unspecified atom stereocenters. The number of rotatable bonds is 2. The van der Waals surface area contributed by atoms with E-state index in [1.165, 1.54) is 40.5 Å². The van der Waals surface area contributed by atoms with Gasteiger partial charge in [-0.3, -0.25) is 4.79 Å². The molecule has 0 heterocycles. The molecule has 146 valence electrons. The number of aryl methyl sites for hydroxylation is 2. The van der Waals surface area contributed by atoms with Crippen LogP contribution in [0.3, 0.4) is 0 Å². The van der Waals surface area contributed by atoms with E-state index >= 15 is 0 Å². The maximum atomic E-state index is 12.3. The summed E-state index contributed by atoms with van der Waals surface area (Å²) in [5, 5.41) is 0.796. The van der Waals surface area contributed by atoms with Gasteiger partial charge in [0.2, 0.25) is 0 Å². The molecule has 0 fully saturated rings. The predicted octanol–water partition coefficient (Wildman–Crippen LogP) is 7.53. The average molecular weight is 405 g/mol. The van der Waals surface area contributed by atoms with Gasteiger partial charge in [0.05, 0.1) is 5.56 Å². The summed E-state index contributed by atoms with van der Waals surface area (Å²) >= 11 is 5.94. The number of alkyl halides is 3. The van der Waals surface area contributed by atoms with E-state index in [1.54, 1.807) is 0 Å². The van der Waals surface area contributed by atoms with Crippen molar-refractivity contribution in [2.24, 2.45) is 0 Å². The van der Waals surface area contributed by atoms with Crippen LogP contribution < -0.4 is 0 Å². The zero-order valence-corrected chi connectivity index (χ0v) is 16.5. The summed E-state index contributed by atoms with van der Waals surface area (Å²) in [5.41, 5.74) is 3.90. The molecule has 0 atom stereocenters. The minimum absolute atomic E-state index is 0.282. The zero-order valence-electron chi connectivity index (χ0n) is 15.8. The molecule has 0 aliphatic rings. The van der Waals surface area contributed by atoms with Crippen molar-refractivity contribution in [3.8, 4) is 11.1 Å². The molecule has 0 amide bonds. The summed E-state index contributed by atoms with van der Waals surface area (Å²) in [7, 11) is 0. The van der Waals surface area contributed by atoms with Gasteiger partial charge in [-0.25, -0.2) is 0 Å². The average Bonchev–Trinajstić information content (AvgIpc) is 2.62. The maximum Gasteiger partial charge on any atom is 0.417 e. The van der Waals surface area contributed by atoms with Crippen LogP contribution in [-0.2, 0) is 6.18 Å². The Morgan fingerprint density at radius 1 is 0.821 bits per heavy atom. The standard InChI is InChI=1S/C14H13Cl.C9H7F3O/c1-10-5-3-4-6-13(10)14-8-7-12(15)9-11(14)2;1-6(13)7-4-2-3-5-8(7)9(10,11)12/h3-9H,1-2H3;2-5H,1H3. The minimum atomic E-state index is -4.46. The molecule has 0 saturated carbocycles. The van der Waals surface area contributed by atoms with E-state index in [-0.39, 0.29) is 5.56 Å². The Bertz CT molecular complexity index is 978. The molecule has 1 nitrogen and oxygen atoms in total. The molecule has 0 bridgehead atoms. The number of carbonyl (C=O) groups excluding carboxylic acids is 1. The molecule has 3 aromatic rings. The Hall–Kier alpha value is -2.59. The van der Waals surface area contributed by atoms with Crippen LogP contribution in [0.1, 0.15) is 34.0 Å². The summed E-state index contributed by atoms with van der Waals surface area (Å²) in [6.45, 7) is 5.33. The van der Waals surface area contributed by atoms with Crippen molar-refractivity contribution in [1.29, 1.82) is 0 Å². The lowest BCUT2D eigenvalue weighted by Gasteiger charge is -2.09. The fourth-order valence-electron chi connectivity index (χ4n) is 2.84. The van der Waals surface area contributed by atoms with Gasteiger partial charge in [0.25, 0.3) is 0 Å². The first kappa shape index (κ1) is 21.7. The normalized spacial score (nSPS) is 10.8. The van der Waals surface area contributed by atoms with Crippen molar-refractivity contribution in [3.05, 3.63) is 94.0 Å². The van der Waals surface area contributed by atoms with Crippen LogP contribution in [0.4, 0.5) is 13.2 Å². The Labute approximate surface area is 167 Å². The van der Waals surface area contributed by atoms with Crippen LogP contribution in [0.15, 0.2) is 66.7 Å². The number of Topliss-reactive ketones (excluding diaryl/α,β-unsaturated/α-hetero) is 1. The number of hydrogen-bond acceptors (Lipinski definition) is 1. The van der Waals surface area contributed by atoms with Gasteiger partial charge in [-0.2, -0.15) is 13.2 Å². The first-order chi connectivity index (χ1) is 13.1. The van der Waals surface area contributed by atoms with Crippen molar-refractivity contribution in [2.75, 3.05) is 0 Å². The molecule has 0 N–H and O–H groups in total. The molecule has 5 heteroatoms. The monoisotopic (exact) mass is 404 g/mol. The SMILES string of the molecule is CC(=O)c1ccccc1C(F)(F)F.Cc1ccccc1-c1ccc(Cl)cc1C. The molecule has 0 spiro atoms. The zero-order chi connectivity index (χ0) is 20.9. The van der Waals surface area contributed by atoms with E-state index in [1.807, 2.05) is 12.1 Å². The second-order valence-electron chi connectivity index (χ2n) is 6.37. The van der Waals surface area contributed by atoms with Crippen molar-refractivity contribution >= 4 is 17.4 Å². The van der Waals surface area contributed by atoms with Crippen LogP contribution >= 0.6 is 11.6 Å². The summed E-state index contributed by atoms with van der Waals surface area (Å²) in [6.07, 6.45) is -4.46. The summed E-state index contributed by atoms with van der Waals surface area (Å²) in [5.74, 6) is -0.576. The fraction of sp³-hybridized carbons (Fsp3) is 0.174. The molecule has 28 heavy (non-hydrogen) atoms. The lowest BCUT2D eigenvalue weighted by molar-refractivity contribution is -0.137. The van der Waals surface area contributed by atoms with Crippen molar-refractivity contribution in [1.82, 2.24) is 0 Å². The van der Waals surface area contributed by atoms with Gasteiger partial charge in [-0.15, -0.1) is 0 Å². The van der Waals surface area contributed by atoms with Gasteiger partial charge in [-0.1, -0.05) is 60.1 Å². The van der Waals surface area contributed by atoms with E-state index in [0.29, 0.717) is 0 Å². The van der Waals surface area contributed by atoms with Crippen LogP contribution in [0, 0.1) is 13.8 Å². The highest BCUT2D eigenvalue weighted by Gasteiger charge is 2.33. The Kier molecular flexibility index (Phi) is 7.03. The van der Waals surface area contributed by atoms with Crippen LogP contribution in [0.2, 0.25) is 5.02 Å². The third-order valence-corrected chi connectivity index (χ3v) is 4.47. The Morgan fingerprint density at radius 3 is 1.93 bits per heavy atom. The molecule has 3 rings (SSSR count). The summed E-state index contributed by atoms with van der Waals surface area (Å²) in [6, 6.07) is 19.2. The third-order valence-electron chi connectivity index (χ3n) is 4.24. The second kappa shape index (κ2) is 9.07. The Morgan fingerprint density at radius 2 is 1.39 bits per heavy atom. The van der Waals surface area contributed by atoms with E-state index in [0.717, 1.165) is 18.0 Å². The number of carbonyl (C=O) groups is 1. The molecule has 0 radical (unpaired) electrons. The van der Waals surface area contributed by atoms with Crippen molar-refractivity contribution < 1.29 is 18.0 Å². The van der Waals surface area contributed by atoms with Crippen LogP contribution in [-0.4, -0.2) is 5.78 Å². The summed E-state index contributed by atoms with van der Waals surface area (Å²) in [4.78, 5) is 10.8. The third kappa shape index (κ3) is 5.46. The highest BCUT2D eigenvalue weighted by Crippen LogP contribution is 2.32. The molecular weight excluding hydrogens is 385 g/mol. The van der Waals surface area contributed by atoms with E-state index in [4.69, 9.17) is 11.6 Å². The molecule has 0 aliphatic heterocycles. The van der Waals surface area contributed by atoms with E-state index in [9.17, 15) is 18.0 Å². The lowest BCUT2D eigenvalue weighted by Crippen LogP contribution is -2.11. The smallest absolute Gasteiger partial charge is 0.294 e. The van der Waals surface area contributed by atoms with Crippen LogP contribution in [0.25, 0.3) is 11.1 Å². The van der Waals surface area contributed by atoms with Crippen molar-refractivity contribution in [2.45, 2.75) is 26.9 Å². The van der Waals surface area contributed by atoms with Gasteiger partial charge < -0.3 is 0 Å².